The topological polar surface area (TPSA) is 99.0 Å². The molecule has 88 valence electrons. The van der Waals surface area contributed by atoms with Crippen LogP contribution in [0.4, 0.5) is 0 Å². The van der Waals surface area contributed by atoms with Gasteiger partial charge in [-0.3, -0.25) is 4.79 Å². The highest BCUT2D eigenvalue weighted by atomic mass is 16.3. The molecule has 0 saturated heterocycles. The molecule has 0 bridgehead atoms. The average molecular weight is 218 g/mol. The standard InChI is InChI=1S/C9H18N2O4/c1-2-9(14)10-4-3-7(11-15)5-8(13)6-12/h7-8,12-13H,2-6H2,1H3,(H,10,14). The fourth-order valence-corrected chi connectivity index (χ4v) is 1.11. The maximum absolute atomic E-state index is 10.9. The Balaban J connectivity index is 3.70. The predicted octanol–water partition coefficient (Wildman–Crippen LogP) is -0.219. The summed E-state index contributed by atoms with van der Waals surface area (Å²) in [4.78, 5) is 21.2. The molecule has 0 saturated carbocycles. The normalized spacial score (nSPS) is 14.3. The Labute approximate surface area is 88.7 Å². The lowest BCUT2D eigenvalue weighted by molar-refractivity contribution is -0.120. The highest BCUT2D eigenvalue weighted by molar-refractivity contribution is 5.75. The van der Waals surface area contributed by atoms with Crippen LogP contribution in [0.1, 0.15) is 26.2 Å². The Morgan fingerprint density at radius 1 is 1.53 bits per heavy atom. The second kappa shape index (κ2) is 8.31. The number of carbonyl (C=O) groups excluding carboxylic acids is 1. The highest BCUT2D eigenvalue weighted by Gasteiger charge is 2.14. The smallest absolute Gasteiger partial charge is 0.219 e. The summed E-state index contributed by atoms with van der Waals surface area (Å²) in [6.45, 7) is 1.72. The van der Waals surface area contributed by atoms with Gasteiger partial charge in [0.2, 0.25) is 5.91 Å². The number of hydrogen-bond acceptors (Lipinski definition) is 5. The second-order valence-corrected chi connectivity index (χ2v) is 3.32. The first-order valence-corrected chi connectivity index (χ1v) is 5.02. The second-order valence-electron chi connectivity index (χ2n) is 3.32. The predicted molar refractivity (Wildman–Crippen MR) is 55.2 cm³/mol. The summed E-state index contributed by atoms with van der Waals surface area (Å²) >= 11 is 0. The highest BCUT2D eigenvalue weighted by Crippen LogP contribution is 2.06. The van der Waals surface area contributed by atoms with E-state index in [2.05, 4.69) is 10.5 Å². The molecule has 0 spiro atoms. The van der Waals surface area contributed by atoms with Crippen LogP contribution in [0, 0.1) is 4.91 Å². The zero-order valence-electron chi connectivity index (χ0n) is 8.85. The number of nitroso groups, excluding NO2 is 1. The van der Waals surface area contributed by atoms with Gasteiger partial charge in [-0.25, -0.2) is 0 Å². The lowest BCUT2D eigenvalue weighted by Crippen LogP contribution is -2.27. The van der Waals surface area contributed by atoms with Crippen LogP contribution in [0.25, 0.3) is 0 Å². The van der Waals surface area contributed by atoms with Crippen LogP contribution in [0.3, 0.4) is 0 Å². The minimum Gasteiger partial charge on any atom is -0.394 e. The van der Waals surface area contributed by atoms with Gasteiger partial charge in [0.15, 0.2) is 0 Å². The summed E-state index contributed by atoms with van der Waals surface area (Å²) in [7, 11) is 0. The maximum Gasteiger partial charge on any atom is 0.219 e. The van der Waals surface area contributed by atoms with Crippen molar-refractivity contribution in [2.45, 2.75) is 38.3 Å². The van der Waals surface area contributed by atoms with Gasteiger partial charge in [-0.15, -0.1) is 0 Å². The van der Waals surface area contributed by atoms with Gasteiger partial charge in [-0.1, -0.05) is 12.1 Å². The number of aliphatic hydroxyl groups excluding tert-OH is 2. The van der Waals surface area contributed by atoms with Crippen molar-refractivity contribution in [1.29, 1.82) is 0 Å². The largest absolute Gasteiger partial charge is 0.394 e. The molecule has 0 aromatic heterocycles. The lowest BCUT2D eigenvalue weighted by atomic mass is 10.1. The molecule has 1 amide bonds. The lowest BCUT2D eigenvalue weighted by Gasteiger charge is -2.12. The van der Waals surface area contributed by atoms with Crippen LogP contribution < -0.4 is 5.32 Å². The van der Waals surface area contributed by atoms with Gasteiger partial charge in [0.05, 0.1) is 18.8 Å². The van der Waals surface area contributed by atoms with E-state index in [-0.39, 0.29) is 18.9 Å². The van der Waals surface area contributed by atoms with E-state index in [0.717, 1.165) is 0 Å². The van der Waals surface area contributed by atoms with Crippen LogP contribution in [0.15, 0.2) is 5.18 Å². The number of amides is 1. The van der Waals surface area contributed by atoms with Crippen molar-refractivity contribution in [3.05, 3.63) is 4.91 Å². The molecule has 0 aliphatic heterocycles. The van der Waals surface area contributed by atoms with Crippen molar-refractivity contribution in [3.63, 3.8) is 0 Å². The molecule has 0 radical (unpaired) electrons. The van der Waals surface area contributed by atoms with Crippen LogP contribution >= 0.6 is 0 Å². The Bertz CT molecular complexity index is 199. The summed E-state index contributed by atoms with van der Waals surface area (Å²) in [5.41, 5.74) is 0. The summed E-state index contributed by atoms with van der Waals surface area (Å²) < 4.78 is 0. The Hall–Kier alpha value is -1.01. The monoisotopic (exact) mass is 218 g/mol. The van der Waals surface area contributed by atoms with Crippen molar-refractivity contribution in [2.75, 3.05) is 13.2 Å². The molecule has 15 heavy (non-hydrogen) atoms. The minimum absolute atomic E-state index is 0.0812. The van der Waals surface area contributed by atoms with Gasteiger partial charge < -0.3 is 15.5 Å². The molecule has 2 unspecified atom stereocenters. The molecular weight excluding hydrogens is 200 g/mol. The van der Waals surface area contributed by atoms with E-state index in [1.165, 1.54) is 0 Å². The Kier molecular flexibility index (Phi) is 7.75. The first kappa shape index (κ1) is 14.0. The number of nitrogens with zero attached hydrogens (tertiary/aromatic N) is 1. The summed E-state index contributed by atoms with van der Waals surface area (Å²) in [6, 6.07) is -0.565. The molecular formula is C9H18N2O4. The molecule has 0 aromatic carbocycles. The summed E-state index contributed by atoms with van der Waals surface area (Å²) in [5.74, 6) is -0.0812. The fourth-order valence-electron chi connectivity index (χ4n) is 1.11. The number of nitrogens with one attached hydrogen (secondary N) is 1. The first-order valence-electron chi connectivity index (χ1n) is 5.02. The van der Waals surface area contributed by atoms with Gasteiger partial charge in [-0.05, 0) is 6.42 Å². The molecule has 0 aliphatic carbocycles. The number of rotatable bonds is 8. The summed E-state index contributed by atoms with van der Waals surface area (Å²) in [5, 5.41) is 23.1. The van der Waals surface area contributed by atoms with E-state index in [1.807, 2.05) is 0 Å². The van der Waals surface area contributed by atoms with Gasteiger partial charge in [-0.2, -0.15) is 4.91 Å². The van der Waals surface area contributed by atoms with Crippen molar-refractivity contribution in [1.82, 2.24) is 5.32 Å². The Morgan fingerprint density at radius 3 is 2.67 bits per heavy atom. The van der Waals surface area contributed by atoms with Gasteiger partial charge in [0, 0.05) is 19.4 Å². The molecule has 6 nitrogen and oxygen atoms in total. The average Bonchev–Trinajstić information content (AvgIpc) is 2.26. The molecule has 0 fully saturated rings. The van der Waals surface area contributed by atoms with Crippen molar-refractivity contribution < 1.29 is 15.0 Å². The van der Waals surface area contributed by atoms with Crippen LogP contribution in [0.2, 0.25) is 0 Å². The third-order valence-corrected chi connectivity index (χ3v) is 2.02. The zero-order valence-corrected chi connectivity index (χ0v) is 8.85. The molecule has 0 rings (SSSR count). The van der Waals surface area contributed by atoms with Crippen molar-refractivity contribution in [2.24, 2.45) is 5.18 Å². The van der Waals surface area contributed by atoms with Gasteiger partial charge in [0.25, 0.3) is 0 Å². The zero-order chi connectivity index (χ0) is 11.7. The third-order valence-electron chi connectivity index (χ3n) is 2.02. The molecule has 6 heteroatoms. The quantitative estimate of drug-likeness (QED) is 0.490. The van der Waals surface area contributed by atoms with Crippen molar-refractivity contribution >= 4 is 5.91 Å². The maximum atomic E-state index is 10.9. The van der Waals surface area contributed by atoms with E-state index in [4.69, 9.17) is 10.2 Å². The Morgan fingerprint density at radius 2 is 2.20 bits per heavy atom. The third kappa shape index (κ3) is 6.98. The van der Waals surface area contributed by atoms with E-state index in [0.29, 0.717) is 19.4 Å². The molecule has 3 N–H and O–H groups in total. The van der Waals surface area contributed by atoms with Crippen molar-refractivity contribution in [3.8, 4) is 0 Å². The number of hydrogen-bond donors (Lipinski definition) is 3. The number of carbonyl (C=O) groups is 1. The fraction of sp³-hybridized carbons (Fsp3) is 0.889. The van der Waals surface area contributed by atoms with Gasteiger partial charge in [0.1, 0.15) is 0 Å². The van der Waals surface area contributed by atoms with Gasteiger partial charge >= 0.3 is 0 Å². The van der Waals surface area contributed by atoms with E-state index < -0.39 is 12.1 Å². The SMILES string of the molecule is CCC(=O)NCCC(CC(O)CO)N=O. The molecule has 0 aromatic rings. The van der Waals surface area contributed by atoms with Crippen LogP contribution in [-0.4, -0.2) is 41.4 Å². The van der Waals surface area contributed by atoms with E-state index in [9.17, 15) is 9.70 Å². The first-order chi connectivity index (χ1) is 7.13. The molecule has 0 heterocycles. The van der Waals surface area contributed by atoms with E-state index in [1.54, 1.807) is 6.92 Å². The van der Waals surface area contributed by atoms with Crippen LogP contribution in [0.5, 0.6) is 0 Å². The number of aliphatic hydroxyl groups is 2. The van der Waals surface area contributed by atoms with E-state index >= 15 is 0 Å². The minimum atomic E-state index is -0.922. The van der Waals surface area contributed by atoms with Crippen LogP contribution in [-0.2, 0) is 4.79 Å². The molecule has 2 atom stereocenters. The summed E-state index contributed by atoms with van der Waals surface area (Å²) in [6.07, 6.45) is -0.0122. The molecule has 0 aliphatic rings.